The molecule has 1 aromatic carbocycles. The Labute approximate surface area is 105 Å². The summed E-state index contributed by atoms with van der Waals surface area (Å²) in [5, 5.41) is 3.47. The van der Waals surface area contributed by atoms with Crippen LogP contribution in [-0.2, 0) is 0 Å². The van der Waals surface area contributed by atoms with Crippen LogP contribution in [0.3, 0.4) is 0 Å². The van der Waals surface area contributed by atoms with Crippen molar-refractivity contribution in [3.05, 3.63) is 34.9 Å². The van der Waals surface area contributed by atoms with E-state index in [2.05, 4.69) is 49.2 Å². The van der Waals surface area contributed by atoms with Gasteiger partial charge in [-0.1, -0.05) is 23.8 Å². The fourth-order valence-electron chi connectivity index (χ4n) is 2.74. The van der Waals surface area contributed by atoms with Crippen LogP contribution >= 0.6 is 0 Å². The van der Waals surface area contributed by atoms with Crippen molar-refractivity contribution in [2.75, 3.05) is 26.2 Å². The van der Waals surface area contributed by atoms with Gasteiger partial charge in [0.2, 0.25) is 0 Å². The van der Waals surface area contributed by atoms with Crippen LogP contribution < -0.4 is 5.32 Å². The van der Waals surface area contributed by atoms with Gasteiger partial charge in [0.05, 0.1) is 0 Å². The Morgan fingerprint density at radius 3 is 2.76 bits per heavy atom. The lowest BCUT2D eigenvalue weighted by Crippen LogP contribution is -2.31. The lowest BCUT2D eigenvalue weighted by Gasteiger charge is -2.29. The summed E-state index contributed by atoms with van der Waals surface area (Å²) in [7, 11) is 0. The highest BCUT2D eigenvalue weighted by atomic mass is 15.2. The number of nitrogens with one attached hydrogen (secondary N) is 1. The first-order valence-electron chi connectivity index (χ1n) is 6.70. The zero-order valence-electron chi connectivity index (χ0n) is 11.3. The molecule has 0 aromatic heterocycles. The van der Waals surface area contributed by atoms with E-state index in [0.717, 1.165) is 19.6 Å². The lowest BCUT2D eigenvalue weighted by molar-refractivity contribution is 0.225. The SMILES string of the molecule is Cc1ccc(C(C)N2CCCNCC2)c(C)c1. The number of benzene rings is 1. The van der Waals surface area contributed by atoms with E-state index in [4.69, 9.17) is 0 Å². The van der Waals surface area contributed by atoms with Crippen molar-refractivity contribution < 1.29 is 0 Å². The molecule has 2 nitrogen and oxygen atoms in total. The van der Waals surface area contributed by atoms with Gasteiger partial charge in [0.1, 0.15) is 0 Å². The van der Waals surface area contributed by atoms with Crippen LogP contribution in [-0.4, -0.2) is 31.1 Å². The summed E-state index contributed by atoms with van der Waals surface area (Å²) in [4.78, 5) is 2.59. The van der Waals surface area contributed by atoms with Crippen molar-refractivity contribution in [1.29, 1.82) is 0 Å². The highest BCUT2D eigenvalue weighted by Gasteiger charge is 2.18. The Bertz CT molecular complexity index is 365. The van der Waals surface area contributed by atoms with Crippen LogP contribution in [0.4, 0.5) is 0 Å². The molecule has 1 atom stereocenters. The van der Waals surface area contributed by atoms with Crippen LogP contribution in [0.5, 0.6) is 0 Å². The molecule has 0 radical (unpaired) electrons. The van der Waals surface area contributed by atoms with Crippen molar-refractivity contribution in [3.63, 3.8) is 0 Å². The first kappa shape index (κ1) is 12.6. The molecular weight excluding hydrogens is 208 g/mol. The van der Waals surface area contributed by atoms with Crippen LogP contribution in [0.15, 0.2) is 18.2 Å². The Kier molecular flexibility index (Phi) is 4.19. The second-order valence-corrected chi connectivity index (χ2v) is 5.18. The summed E-state index contributed by atoms with van der Waals surface area (Å²) in [5.74, 6) is 0. The van der Waals surface area contributed by atoms with E-state index >= 15 is 0 Å². The third kappa shape index (κ3) is 3.08. The normalized spacial score (nSPS) is 19.9. The van der Waals surface area contributed by atoms with Gasteiger partial charge >= 0.3 is 0 Å². The van der Waals surface area contributed by atoms with E-state index < -0.39 is 0 Å². The summed E-state index contributed by atoms with van der Waals surface area (Å²) in [5.41, 5.74) is 4.27. The minimum absolute atomic E-state index is 0.538. The van der Waals surface area contributed by atoms with Gasteiger partial charge in [0, 0.05) is 19.1 Å². The Morgan fingerprint density at radius 1 is 1.18 bits per heavy atom. The Morgan fingerprint density at radius 2 is 2.00 bits per heavy atom. The predicted molar refractivity (Wildman–Crippen MR) is 73.4 cm³/mol. The minimum atomic E-state index is 0.538. The predicted octanol–water partition coefficient (Wildman–Crippen LogP) is 2.66. The molecule has 1 heterocycles. The molecule has 0 aliphatic carbocycles. The van der Waals surface area contributed by atoms with E-state index in [1.165, 1.54) is 29.7 Å². The van der Waals surface area contributed by atoms with Crippen LogP contribution in [0.25, 0.3) is 0 Å². The Balaban J connectivity index is 2.14. The largest absolute Gasteiger partial charge is 0.315 e. The van der Waals surface area contributed by atoms with Crippen LogP contribution in [0, 0.1) is 13.8 Å². The summed E-state index contributed by atoms with van der Waals surface area (Å²) in [6, 6.07) is 7.36. The monoisotopic (exact) mass is 232 g/mol. The first-order chi connectivity index (χ1) is 8.18. The molecule has 2 heteroatoms. The second kappa shape index (κ2) is 5.65. The molecule has 94 valence electrons. The van der Waals surface area contributed by atoms with Crippen molar-refractivity contribution in [2.45, 2.75) is 33.2 Å². The first-order valence-corrected chi connectivity index (χ1v) is 6.70. The molecule has 1 aliphatic heterocycles. The molecule has 0 saturated carbocycles. The number of rotatable bonds is 2. The van der Waals surface area contributed by atoms with Gasteiger partial charge in [-0.05, 0) is 51.4 Å². The molecule has 1 fully saturated rings. The summed E-state index contributed by atoms with van der Waals surface area (Å²) in [6.45, 7) is 11.4. The molecule has 1 aliphatic rings. The topological polar surface area (TPSA) is 15.3 Å². The molecule has 1 unspecified atom stereocenters. The van der Waals surface area contributed by atoms with Gasteiger partial charge in [-0.2, -0.15) is 0 Å². The summed E-state index contributed by atoms with van der Waals surface area (Å²) in [6.07, 6.45) is 1.26. The average Bonchev–Trinajstić information content (AvgIpc) is 2.56. The fourth-order valence-corrected chi connectivity index (χ4v) is 2.74. The summed E-state index contributed by atoms with van der Waals surface area (Å²) >= 11 is 0. The minimum Gasteiger partial charge on any atom is -0.315 e. The number of aryl methyl sites for hydroxylation is 2. The third-order valence-corrected chi connectivity index (χ3v) is 3.80. The smallest absolute Gasteiger partial charge is 0.0323 e. The van der Waals surface area contributed by atoms with Gasteiger partial charge in [-0.3, -0.25) is 4.90 Å². The van der Waals surface area contributed by atoms with Crippen molar-refractivity contribution in [1.82, 2.24) is 10.2 Å². The number of nitrogens with zero attached hydrogens (tertiary/aromatic N) is 1. The van der Waals surface area contributed by atoms with Gasteiger partial charge in [-0.15, -0.1) is 0 Å². The number of hydrogen-bond acceptors (Lipinski definition) is 2. The van der Waals surface area contributed by atoms with Gasteiger partial charge in [0.25, 0.3) is 0 Å². The molecule has 0 spiro atoms. The maximum Gasteiger partial charge on any atom is 0.0323 e. The maximum atomic E-state index is 3.47. The molecule has 1 aromatic rings. The average molecular weight is 232 g/mol. The van der Waals surface area contributed by atoms with Crippen LogP contribution in [0.2, 0.25) is 0 Å². The van der Waals surface area contributed by atoms with Crippen LogP contribution in [0.1, 0.15) is 36.1 Å². The lowest BCUT2D eigenvalue weighted by atomic mass is 9.99. The fraction of sp³-hybridized carbons (Fsp3) is 0.600. The van der Waals surface area contributed by atoms with Gasteiger partial charge in [-0.25, -0.2) is 0 Å². The standard InChI is InChI=1S/C15H24N2/c1-12-5-6-15(13(2)11-12)14(3)17-9-4-7-16-8-10-17/h5-6,11,14,16H,4,7-10H2,1-3H3. The van der Waals surface area contributed by atoms with E-state index in [0.29, 0.717) is 6.04 Å². The molecule has 1 N–H and O–H groups in total. The third-order valence-electron chi connectivity index (χ3n) is 3.80. The molecule has 2 rings (SSSR count). The van der Waals surface area contributed by atoms with E-state index in [1.54, 1.807) is 0 Å². The number of hydrogen-bond donors (Lipinski definition) is 1. The van der Waals surface area contributed by atoms with Crippen molar-refractivity contribution >= 4 is 0 Å². The van der Waals surface area contributed by atoms with Crippen molar-refractivity contribution in [3.8, 4) is 0 Å². The zero-order valence-corrected chi connectivity index (χ0v) is 11.3. The molecule has 0 bridgehead atoms. The van der Waals surface area contributed by atoms with E-state index in [1.807, 2.05) is 0 Å². The van der Waals surface area contributed by atoms with E-state index in [-0.39, 0.29) is 0 Å². The highest BCUT2D eigenvalue weighted by molar-refractivity contribution is 5.32. The molecule has 17 heavy (non-hydrogen) atoms. The molecular formula is C15H24N2. The zero-order chi connectivity index (χ0) is 12.3. The van der Waals surface area contributed by atoms with Gasteiger partial charge < -0.3 is 5.32 Å². The summed E-state index contributed by atoms with van der Waals surface area (Å²) < 4.78 is 0. The highest BCUT2D eigenvalue weighted by Crippen LogP contribution is 2.24. The van der Waals surface area contributed by atoms with E-state index in [9.17, 15) is 0 Å². The maximum absolute atomic E-state index is 3.47. The Hall–Kier alpha value is -0.860. The van der Waals surface area contributed by atoms with Gasteiger partial charge in [0.15, 0.2) is 0 Å². The molecule has 0 amide bonds. The molecule has 1 saturated heterocycles. The quantitative estimate of drug-likeness (QED) is 0.843. The second-order valence-electron chi connectivity index (χ2n) is 5.18. The van der Waals surface area contributed by atoms with Crippen molar-refractivity contribution in [2.24, 2.45) is 0 Å².